The van der Waals surface area contributed by atoms with Gasteiger partial charge in [-0.15, -0.1) is 0 Å². The summed E-state index contributed by atoms with van der Waals surface area (Å²) in [5.41, 5.74) is 2.31. The molecule has 124 valence electrons. The molecule has 4 nitrogen and oxygen atoms in total. The highest BCUT2D eigenvalue weighted by Crippen LogP contribution is 2.23. The van der Waals surface area contributed by atoms with Gasteiger partial charge in [0.25, 0.3) is 0 Å². The first-order valence-electron chi connectivity index (χ1n) is 8.34. The van der Waals surface area contributed by atoms with Gasteiger partial charge in [0.2, 0.25) is 5.91 Å². The lowest BCUT2D eigenvalue weighted by atomic mass is 10.0. The van der Waals surface area contributed by atoms with Crippen molar-refractivity contribution in [3.05, 3.63) is 41.9 Å². The Balaban J connectivity index is 1.94. The van der Waals surface area contributed by atoms with E-state index in [0.717, 1.165) is 17.7 Å². The molecule has 0 fully saturated rings. The van der Waals surface area contributed by atoms with Crippen LogP contribution in [0.25, 0.3) is 11.3 Å². The minimum absolute atomic E-state index is 0.0420. The van der Waals surface area contributed by atoms with Gasteiger partial charge in [-0.1, -0.05) is 45.0 Å². The van der Waals surface area contributed by atoms with Crippen LogP contribution in [0.1, 0.15) is 57.9 Å². The molecule has 1 heterocycles. The van der Waals surface area contributed by atoms with Gasteiger partial charge in [-0.05, 0) is 24.8 Å². The van der Waals surface area contributed by atoms with E-state index in [-0.39, 0.29) is 11.9 Å². The second-order valence-corrected chi connectivity index (χ2v) is 6.27. The maximum atomic E-state index is 11.8. The smallest absolute Gasteiger partial charge is 0.220 e. The Bertz CT molecular complexity index is 629. The summed E-state index contributed by atoms with van der Waals surface area (Å²) in [6.45, 7) is 8.40. The van der Waals surface area contributed by atoms with Gasteiger partial charge in [0, 0.05) is 24.4 Å². The van der Waals surface area contributed by atoms with Gasteiger partial charge in [0.05, 0.1) is 6.20 Å². The molecule has 1 N–H and O–H groups in total. The van der Waals surface area contributed by atoms with Crippen LogP contribution >= 0.6 is 0 Å². The summed E-state index contributed by atoms with van der Waals surface area (Å²) in [4.78, 5) is 16.1. The van der Waals surface area contributed by atoms with Crippen LogP contribution in [0.2, 0.25) is 0 Å². The van der Waals surface area contributed by atoms with Gasteiger partial charge in [0.15, 0.2) is 11.7 Å². The van der Waals surface area contributed by atoms with Crippen molar-refractivity contribution >= 4 is 5.91 Å². The number of nitrogens with zero attached hydrogens (tertiary/aromatic N) is 1. The standard InChI is InChI=1S/C19H26N2O2/c1-5-14(4)21-18(22)10-11-19-20-12-17(23-19)16-8-6-15(7-9-16)13(2)3/h6-9,12-14H,5,10-11H2,1-4H3,(H,21,22). The molecule has 1 amide bonds. The zero-order chi connectivity index (χ0) is 16.8. The Kier molecular flexibility index (Phi) is 5.97. The number of nitrogens with one attached hydrogen (secondary N) is 1. The van der Waals surface area contributed by atoms with Crippen LogP contribution < -0.4 is 5.32 Å². The summed E-state index contributed by atoms with van der Waals surface area (Å²) in [6.07, 6.45) is 3.58. The molecule has 0 saturated carbocycles. The van der Waals surface area contributed by atoms with E-state index in [1.165, 1.54) is 5.56 Å². The quantitative estimate of drug-likeness (QED) is 0.828. The normalized spacial score (nSPS) is 12.4. The molecule has 1 unspecified atom stereocenters. The van der Waals surface area contributed by atoms with E-state index in [1.807, 2.05) is 6.92 Å². The number of carbonyl (C=O) groups excluding carboxylic acids is 1. The molecule has 0 spiro atoms. The van der Waals surface area contributed by atoms with Crippen molar-refractivity contribution in [2.75, 3.05) is 0 Å². The fourth-order valence-corrected chi connectivity index (χ4v) is 2.26. The van der Waals surface area contributed by atoms with E-state index in [2.05, 4.69) is 55.3 Å². The summed E-state index contributed by atoms with van der Waals surface area (Å²) >= 11 is 0. The van der Waals surface area contributed by atoms with Crippen LogP contribution in [0.15, 0.2) is 34.9 Å². The zero-order valence-electron chi connectivity index (χ0n) is 14.4. The third-order valence-corrected chi connectivity index (χ3v) is 4.00. The Hall–Kier alpha value is -2.10. The number of oxazole rings is 1. The van der Waals surface area contributed by atoms with Crippen molar-refractivity contribution < 1.29 is 9.21 Å². The predicted octanol–water partition coefficient (Wildman–Crippen LogP) is 4.31. The molecule has 4 heteroatoms. The number of hydrogen-bond donors (Lipinski definition) is 1. The molecule has 0 bridgehead atoms. The topological polar surface area (TPSA) is 55.1 Å². The van der Waals surface area contributed by atoms with E-state index in [9.17, 15) is 4.79 Å². The summed E-state index contributed by atoms with van der Waals surface area (Å²) < 4.78 is 5.76. The van der Waals surface area contributed by atoms with Crippen LogP contribution in [-0.4, -0.2) is 16.9 Å². The van der Waals surface area contributed by atoms with Crippen LogP contribution in [0, 0.1) is 0 Å². The number of aromatic nitrogens is 1. The van der Waals surface area contributed by atoms with Crippen LogP contribution in [-0.2, 0) is 11.2 Å². The van der Waals surface area contributed by atoms with Crippen molar-refractivity contribution in [2.45, 2.75) is 58.9 Å². The summed E-state index contributed by atoms with van der Waals surface area (Å²) in [6, 6.07) is 8.54. The van der Waals surface area contributed by atoms with E-state index in [0.29, 0.717) is 24.7 Å². The molecule has 0 aliphatic heterocycles. The molecule has 1 aromatic heterocycles. The average molecular weight is 314 g/mol. The van der Waals surface area contributed by atoms with Gasteiger partial charge in [0.1, 0.15) is 0 Å². The Labute approximate surface area is 138 Å². The average Bonchev–Trinajstić information content (AvgIpc) is 3.02. The van der Waals surface area contributed by atoms with Gasteiger partial charge in [-0.3, -0.25) is 4.79 Å². The first-order valence-corrected chi connectivity index (χ1v) is 8.34. The fraction of sp³-hybridized carbons (Fsp3) is 0.474. The molecule has 0 saturated heterocycles. The minimum atomic E-state index is 0.0420. The van der Waals surface area contributed by atoms with Crippen molar-refractivity contribution in [1.29, 1.82) is 0 Å². The van der Waals surface area contributed by atoms with E-state index >= 15 is 0 Å². The van der Waals surface area contributed by atoms with Crippen LogP contribution in [0.5, 0.6) is 0 Å². The summed E-state index contributed by atoms with van der Waals surface area (Å²) in [7, 11) is 0. The number of benzene rings is 1. The number of rotatable bonds is 7. The monoisotopic (exact) mass is 314 g/mol. The van der Waals surface area contributed by atoms with Gasteiger partial charge < -0.3 is 9.73 Å². The van der Waals surface area contributed by atoms with Crippen molar-refractivity contribution in [2.24, 2.45) is 0 Å². The molecule has 1 aromatic carbocycles. The van der Waals surface area contributed by atoms with E-state index in [1.54, 1.807) is 6.20 Å². The lowest BCUT2D eigenvalue weighted by Crippen LogP contribution is -2.32. The largest absolute Gasteiger partial charge is 0.441 e. The van der Waals surface area contributed by atoms with Crippen LogP contribution in [0.3, 0.4) is 0 Å². The number of aryl methyl sites for hydroxylation is 1. The first-order chi connectivity index (χ1) is 11.0. The second-order valence-electron chi connectivity index (χ2n) is 6.27. The van der Waals surface area contributed by atoms with Crippen molar-refractivity contribution in [1.82, 2.24) is 10.3 Å². The minimum Gasteiger partial charge on any atom is -0.441 e. The lowest BCUT2D eigenvalue weighted by Gasteiger charge is -2.10. The predicted molar refractivity (Wildman–Crippen MR) is 92.2 cm³/mol. The molecule has 1 atom stereocenters. The number of hydrogen-bond acceptors (Lipinski definition) is 3. The summed E-state index contributed by atoms with van der Waals surface area (Å²) in [5.74, 6) is 1.91. The highest BCUT2D eigenvalue weighted by atomic mass is 16.4. The van der Waals surface area contributed by atoms with Crippen LogP contribution in [0.4, 0.5) is 0 Å². The molecular formula is C19H26N2O2. The molecule has 0 radical (unpaired) electrons. The fourth-order valence-electron chi connectivity index (χ4n) is 2.26. The molecular weight excluding hydrogens is 288 g/mol. The Morgan fingerprint density at radius 2 is 1.91 bits per heavy atom. The highest BCUT2D eigenvalue weighted by Gasteiger charge is 2.10. The highest BCUT2D eigenvalue weighted by molar-refractivity contribution is 5.76. The molecule has 0 aliphatic rings. The maximum absolute atomic E-state index is 11.8. The molecule has 23 heavy (non-hydrogen) atoms. The Morgan fingerprint density at radius 3 is 2.52 bits per heavy atom. The van der Waals surface area contributed by atoms with Gasteiger partial charge in [-0.2, -0.15) is 0 Å². The third-order valence-electron chi connectivity index (χ3n) is 4.00. The SMILES string of the molecule is CCC(C)NC(=O)CCc1ncc(-c2ccc(C(C)C)cc2)o1. The lowest BCUT2D eigenvalue weighted by molar-refractivity contribution is -0.121. The maximum Gasteiger partial charge on any atom is 0.220 e. The van der Waals surface area contributed by atoms with Crippen molar-refractivity contribution in [3.63, 3.8) is 0 Å². The molecule has 2 aromatic rings. The van der Waals surface area contributed by atoms with Crippen molar-refractivity contribution in [3.8, 4) is 11.3 Å². The van der Waals surface area contributed by atoms with Gasteiger partial charge in [-0.25, -0.2) is 4.98 Å². The molecule has 0 aliphatic carbocycles. The van der Waals surface area contributed by atoms with Gasteiger partial charge >= 0.3 is 0 Å². The number of amides is 1. The number of carbonyl (C=O) groups is 1. The summed E-state index contributed by atoms with van der Waals surface area (Å²) in [5, 5.41) is 2.95. The molecule has 2 rings (SSSR count). The van der Waals surface area contributed by atoms with E-state index in [4.69, 9.17) is 4.42 Å². The zero-order valence-corrected chi connectivity index (χ0v) is 14.4. The first kappa shape index (κ1) is 17.3. The third kappa shape index (κ3) is 4.95. The second kappa shape index (κ2) is 7.95. The van der Waals surface area contributed by atoms with E-state index < -0.39 is 0 Å². The Morgan fingerprint density at radius 1 is 1.22 bits per heavy atom.